The lowest BCUT2D eigenvalue weighted by Crippen LogP contribution is -2.43. The molecule has 0 aliphatic rings. The molecule has 122 valence electrons. The first-order valence-corrected chi connectivity index (χ1v) is 5.80. The van der Waals surface area contributed by atoms with Crippen molar-refractivity contribution in [3.05, 3.63) is 0 Å². The fraction of sp³-hybridized carbons (Fsp3) is 0.909. The van der Waals surface area contributed by atoms with Crippen molar-refractivity contribution in [1.82, 2.24) is 0 Å². The van der Waals surface area contributed by atoms with Gasteiger partial charge in [0.1, 0.15) is 0 Å². The maximum Gasteiger partial charge on any atom is 0.290 e. The molecule has 0 fully saturated rings. The van der Waals surface area contributed by atoms with Crippen LogP contribution in [0.4, 0.5) is 0 Å². The van der Waals surface area contributed by atoms with Gasteiger partial charge in [-0.05, 0) is 0 Å². The van der Waals surface area contributed by atoms with E-state index in [1.807, 2.05) is 0 Å². The van der Waals surface area contributed by atoms with Gasteiger partial charge in [-0.15, -0.1) is 0 Å². The molecule has 0 aromatic carbocycles. The van der Waals surface area contributed by atoms with Crippen LogP contribution in [0.3, 0.4) is 0 Å². The molecule has 0 heterocycles. The summed E-state index contributed by atoms with van der Waals surface area (Å²) in [6.07, 6.45) is 0. The second-order valence-electron chi connectivity index (χ2n) is 4.55. The minimum Gasteiger partial charge on any atom is -0.483 e. The van der Waals surface area contributed by atoms with Crippen molar-refractivity contribution >= 4 is 6.47 Å². The molecule has 0 amide bonds. The predicted molar refractivity (Wildman–Crippen MR) is 66.9 cm³/mol. The molecular weight excluding hydrogens is 276 g/mol. The van der Waals surface area contributed by atoms with Crippen molar-refractivity contribution in [2.45, 2.75) is 0 Å². The molecule has 0 aliphatic heterocycles. The van der Waals surface area contributed by atoms with E-state index in [-0.39, 0.29) is 19.7 Å². The summed E-state index contributed by atoms with van der Waals surface area (Å²) in [5.74, 6) is 0. The molecule has 20 heavy (non-hydrogen) atoms. The Bertz CT molecular complexity index is 189. The normalized spacial score (nSPS) is 11.7. The number of aliphatic hydroxyl groups is 6. The van der Waals surface area contributed by atoms with Gasteiger partial charge >= 0.3 is 0 Å². The summed E-state index contributed by atoms with van der Waals surface area (Å²) >= 11 is 0. The Hall–Kier alpha value is -0.810. The first-order chi connectivity index (χ1) is 9.49. The van der Waals surface area contributed by atoms with Gasteiger partial charge in [0, 0.05) is 0 Å². The Labute approximate surface area is 116 Å². The van der Waals surface area contributed by atoms with E-state index in [0.717, 1.165) is 0 Å². The number of carboxylic acid groups (broad SMARTS) is 1. The van der Waals surface area contributed by atoms with Crippen LogP contribution >= 0.6 is 0 Å². The summed E-state index contributed by atoms with van der Waals surface area (Å²) in [6, 6.07) is 0. The van der Waals surface area contributed by atoms with E-state index < -0.39 is 50.5 Å². The highest BCUT2D eigenvalue weighted by atomic mass is 16.5. The zero-order chi connectivity index (χ0) is 16.1. The van der Waals surface area contributed by atoms with Crippen LogP contribution in [0, 0.1) is 10.8 Å². The van der Waals surface area contributed by atoms with Crippen LogP contribution < -0.4 is 0 Å². The minimum atomic E-state index is -1.16. The van der Waals surface area contributed by atoms with E-state index in [1.54, 1.807) is 0 Å². The van der Waals surface area contributed by atoms with Gasteiger partial charge in [-0.2, -0.15) is 0 Å². The van der Waals surface area contributed by atoms with Crippen LogP contribution in [0.5, 0.6) is 0 Å². The van der Waals surface area contributed by atoms with Crippen molar-refractivity contribution in [1.29, 1.82) is 0 Å². The average molecular weight is 300 g/mol. The SMILES string of the molecule is O=CO.OCC(CO)(CO)COCC(CO)(CO)CO. The number of aliphatic hydroxyl groups excluding tert-OH is 6. The van der Waals surface area contributed by atoms with Gasteiger partial charge in [0.15, 0.2) is 0 Å². The molecule has 0 rings (SSSR count). The highest BCUT2D eigenvalue weighted by Gasteiger charge is 2.32. The number of hydrogen-bond donors (Lipinski definition) is 7. The largest absolute Gasteiger partial charge is 0.483 e. The average Bonchev–Trinajstić information content (AvgIpc) is 2.50. The Morgan fingerprint density at radius 1 is 0.700 bits per heavy atom. The van der Waals surface area contributed by atoms with Crippen LogP contribution in [-0.2, 0) is 9.53 Å². The van der Waals surface area contributed by atoms with Gasteiger partial charge < -0.3 is 40.5 Å². The van der Waals surface area contributed by atoms with Crippen LogP contribution in [0.15, 0.2) is 0 Å². The van der Waals surface area contributed by atoms with Gasteiger partial charge in [-0.25, -0.2) is 0 Å². The molecule has 0 radical (unpaired) electrons. The van der Waals surface area contributed by atoms with Crippen LogP contribution in [0.1, 0.15) is 0 Å². The molecule has 0 unspecified atom stereocenters. The second-order valence-corrected chi connectivity index (χ2v) is 4.55. The smallest absolute Gasteiger partial charge is 0.290 e. The molecule has 0 aromatic rings. The number of carbonyl (C=O) groups is 1. The molecule has 0 aromatic heterocycles. The standard InChI is InChI=1S/C10H22O7.CH2O2/c11-1-9(2-12,3-13)7-17-8-10(4-14,5-15)6-16;2-1-3/h11-16H,1-8H2;1H,(H,2,3). The molecule has 9 heteroatoms. The van der Waals surface area contributed by atoms with E-state index >= 15 is 0 Å². The van der Waals surface area contributed by atoms with E-state index in [1.165, 1.54) is 0 Å². The van der Waals surface area contributed by atoms with Gasteiger partial charge in [0.2, 0.25) is 0 Å². The van der Waals surface area contributed by atoms with E-state index in [2.05, 4.69) is 0 Å². The Morgan fingerprint density at radius 2 is 0.900 bits per heavy atom. The molecule has 9 nitrogen and oxygen atoms in total. The van der Waals surface area contributed by atoms with Gasteiger partial charge in [0.25, 0.3) is 6.47 Å². The lowest BCUT2D eigenvalue weighted by atomic mass is 9.91. The molecule has 0 bridgehead atoms. The summed E-state index contributed by atoms with van der Waals surface area (Å²) in [5, 5.41) is 61.1. The summed E-state index contributed by atoms with van der Waals surface area (Å²) in [6.45, 7) is -3.26. The van der Waals surface area contributed by atoms with E-state index in [0.29, 0.717) is 0 Å². The Balaban J connectivity index is 0. The summed E-state index contributed by atoms with van der Waals surface area (Å²) in [7, 11) is 0. The van der Waals surface area contributed by atoms with Gasteiger partial charge in [-0.3, -0.25) is 4.79 Å². The van der Waals surface area contributed by atoms with Crippen molar-refractivity contribution in [3.63, 3.8) is 0 Å². The first-order valence-electron chi connectivity index (χ1n) is 5.80. The van der Waals surface area contributed by atoms with Crippen molar-refractivity contribution in [3.8, 4) is 0 Å². The first kappa shape index (κ1) is 21.5. The number of rotatable bonds is 10. The fourth-order valence-electron chi connectivity index (χ4n) is 1.06. The van der Waals surface area contributed by atoms with Crippen molar-refractivity contribution in [2.75, 3.05) is 52.9 Å². The third-order valence-corrected chi connectivity index (χ3v) is 2.83. The fourth-order valence-corrected chi connectivity index (χ4v) is 1.06. The summed E-state index contributed by atoms with van der Waals surface area (Å²) in [5.41, 5.74) is -2.32. The zero-order valence-electron chi connectivity index (χ0n) is 11.2. The molecule has 0 atom stereocenters. The van der Waals surface area contributed by atoms with E-state index in [4.69, 9.17) is 45.3 Å². The minimum absolute atomic E-state index is 0.141. The highest BCUT2D eigenvalue weighted by Crippen LogP contribution is 2.19. The molecule has 0 aliphatic carbocycles. The van der Waals surface area contributed by atoms with Crippen LogP contribution in [0.2, 0.25) is 0 Å². The molecular formula is C11H24O9. The number of ether oxygens (including phenoxy) is 1. The maximum absolute atomic E-state index is 9.03. The van der Waals surface area contributed by atoms with Crippen LogP contribution in [0.25, 0.3) is 0 Å². The third kappa shape index (κ3) is 7.10. The molecule has 0 saturated carbocycles. The number of hydrogen-bond acceptors (Lipinski definition) is 8. The lowest BCUT2D eigenvalue weighted by molar-refractivity contribution is -0.122. The maximum atomic E-state index is 9.03. The van der Waals surface area contributed by atoms with Gasteiger partial charge in [0.05, 0.1) is 63.7 Å². The Kier molecular flexibility index (Phi) is 12.9. The third-order valence-electron chi connectivity index (χ3n) is 2.83. The monoisotopic (exact) mass is 300 g/mol. The quantitative estimate of drug-likeness (QED) is 0.204. The highest BCUT2D eigenvalue weighted by molar-refractivity contribution is 5.32. The molecule has 7 N–H and O–H groups in total. The van der Waals surface area contributed by atoms with E-state index in [9.17, 15) is 0 Å². The predicted octanol–water partition coefficient (Wildman–Crippen LogP) is -3.37. The Morgan fingerprint density at radius 3 is 1.05 bits per heavy atom. The second kappa shape index (κ2) is 12.0. The summed E-state index contributed by atoms with van der Waals surface area (Å²) in [4.78, 5) is 8.36. The molecule has 0 spiro atoms. The van der Waals surface area contributed by atoms with Crippen LogP contribution in [-0.4, -0.2) is 95.1 Å². The molecule has 0 saturated heterocycles. The topological polar surface area (TPSA) is 168 Å². The summed E-state index contributed by atoms with van der Waals surface area (Å²) < 4.78 is 5.15. The zero-order valence-corrected chi connectivity index (χ0v) is 11.2. The lowest BCUT2D eigenvalue weighted by Gasteiger charge is -2.31. The van der Waals surface area contributed by atoms with Crippen molar-refractivity contribution < 1.29 is 45.3 Å². The van der Waals surface area contributed by atoms with Crippen molar-refractivity contribution in [2.24, 2.45) is 10.8 Å². The van der Waals surface area contributed by atoms with Gasteiger partial charge in [-0.1, -0.05) is 0 Å².